The predicted octanol–water partition coefficient (Wildman–Crippen LogP) is 3.57. The molecule has 28 heavy (non-hydrogen) atoms. The topological polar surface area (TPSA) is 64.0 Å². The van der Waals surface area contributed by atoms with Crippen LogP contribution in [-0.2, 0) is 4.79 Å². The zero-order valence-electron chi connectivity index (χ0n) is 14.8. The van der Waals surface area contributed by atoms with E-state index < -0.39 is 5.92 Å². The molecule has 1 aromatic heterocycles. The van der Waals surface area contributed by atoms with Gasteiger partial charge in [-0.3, -0.25) is 14.2 Å². The molecule has 1 N–H and O–H groups in total. The van der Waals surface area contributed by atoms with Crippen molar-refractivity contribution < 1.29 is 4.79 Å². The standard InChI is InChI=1S/C23H15N3O2/c27-22-20(13-7-1-4-10-16(13)25-22)19-15-9-3-6-12-18(15)26-21(19)24-17-11-5-2-8-14(17)23(26)28/h1-12,19-20H,(H,25,27). The maximum absolute atomic E-state index is 13.3. The summed E-state index contributed by atoms with van der Waals surface area (Å²) in [5.74, 6) is -0.157. The number of hydrogen-bond acceptors (Lipinski definition) is 3. The van der Waals surface area contributed by atoms with E-state index in [9.17, 15) is 9.59 Å². The van der Waals surface area contributed by atoms with E-state index >= 15 is 0 Å². The van der Waals surface area contributed by atoms with Crippen LogP contribution in [0.3, 0.4) is 0 Å². The third-order valence-electron chi connectivity index (χ3n) is 5.76. The Morgan fingerprint density at radius 3 is 2.39 bits per heavy atom. The monoisotopic (exact) mass is 365 g/mol. The van der Waals surface area contributed by atoms with E-state index in [1.165, 1.54) is 0 Å². The molecule has 3 aromatic carbocycles. The van der Waals surface area contributed by atoms with Crippen LogP contribution in [0.15, 0.2) is 77.6 Å². The second-order valence-electron chi connectivity index (χ2n) is 7.22. The Morgan fingerprint density at radius 1 is 0.786 bits per heavy atom. The number of para-hydroxylation sites is 3. The fraction of sp³-hybridized carbons (Fsp3) is 0.0870. The Labute approximate surface area is 160 Å². The van der Waals surface area contributed by atoms with Crippen LogP contribution in [0.5, 0.6) is 0 Å². The molecule has 1 amide bonds. The van der Waals surface area contributed by atoms with Crippen molar-refractivity contribution in [3.05, 3.63) is 100 Å². The third kappa shape index (κ3) is 1.88. The number of anilines is 1. The third-order valence-corrected chi connectivity index (χ3v) is 5.76. The van der Waals surface area contributed by atoms with Gasteiger partial charge >= 0.3 is 0 Å². The van der Waals surface area contributed by atoms with E-state index in [4.69, 9.17) is 4.98 Å². The highest BCUT2D eigenvalue weighted by Crippen LogP contribution is 2.49. The lowest BCUT2D eigenvalue weighted by Gasteiger charge is -2.18. The van der Waals surface area contributed by atoms with Gasteiger partial charge in [0, 0.05) is 5.69 Å². The zero-order valence-corrected chi connectivity index (χ0v) is 14.8. The first kappa shape index (κ1) is 15.3. The van der Waals surface area contributed by atoms with Gasteiger partial charge in [-0.25, -0.2) is 4.98 Å². The van der Waals surface area contributed by atoms with E-state index in [1.807, 2.05) is 66.7 Å². The lowest BCUT2D eigenvalue weighted by molar-refractivity contribution is -0.117. The van der Waals surface area contributed by atoms with Gasteiger partial charge in [-0.15, -0.1) is 0 Å². The molecule has 4 aromatic rings. The second-order valence-corrected chi connectivity index (χ2v) is 7.22. The maximum Gasteiger partial charge on any atom is 0.265 e. The summed E-state index contributed by atoms with van der Waals surface area (Å²) in [6.45, 7) is 0. The number of nitrogens with one attached hydrogen (secondary N) is 1. The van der Waals surface area contributed by atoms with Crippen LogP contribution in [0, 0.1) is 0 Å². The molecule has 0 spiro atoms. The fourth-order valence-electron chi connectivity index (χ4n) is 4.58. The zero-order chi connectivity index (χ0) is 18.8. The lowest BCUT2D eigenvalue weighted by Crippen LogP contribution is -2.24. The molecule has 0 saturated carbocycles. The minimum absolute atomic E-state index is 0.0585. The van der Waals surface area contributed by atoms with Crippen molar-refractivity contribution in [3.8, 4) is 5.69 Å². The highest BCUT2D eigenvalue weighted by Gasteiger charge is 2.44. The smallest absolute Gasteiger partial charge is 0.265 e. The average molecular weight is 365 g/mol. The Kier molecular flexibility index (Phi) is 2.95. The van der Waals surface area contributed by atoms with E-state index in [0.717, 1.165) is 22.5 Å². The number of benzene rings is 3. The van der Waals surface area contributed by atoms with Gasteiger partial charge in [0.2, 0.25) is 5.91 Å². The van der Waals surface area contributed by atoms with Gasteiger partial charge in [0.25, 0.3) is 5.56 Å². The number of amides is 1. The number of aromatic nitrogens is 2. The summed E-state index contributed by atoms with van der Waals surface area (Å²) in [6, 6.07) is 22.9. The van der Waals surface area contributed by atoms with Crippen molar-refractivity contribution in [1.82, 2.24) is 9.55 Å². The molecular formula is C23H15N3O2. The number of nitrogens with zero attached hydrogens (tertiary/aromatic N) is 2. The highest BCUT2D eigenvalue weighted by molar-refractivity contribution is 6.04. The van der Waals surface area contributed by atoms with Crippen molar-refractivity contribution in [2.75, 3.05) is 5.32 Å². The van der Waals surface area contributed by atoms with E-state index in [1.54, 1.807) is 10.6 Å². The minimum atomic E-state index is -0.417. The largest absolute Gasteiger partial charge is 0.325 e. The predicted molar refractivity (Wildman–Crippen MR) is 107 cm³/mol. The van der Waals surface area contributed by atoms with Gasteiger partial charge in [-0.1, -0.05) is 48.5 Å². The number of fused-ring (bicyclic) bond motifs is 5. The van der Waals surface area contributed by atoms with E-state index in [-0.39, 0.29) is 17.4 Å². The number of rotatable bonds is 1. The summed E-state index contributed by atoms with van der Waals surface area (Å²) in [5.41, 5.74) is 4.10. The molecule has 6 rings (SSSR count). The summed E-state index contributed by atoms with van der Waals surface area (Å²) in [6.07, 6.45) is 0. The van der Waals surface area contributed by atoms with Gasteiger partial charge in [-0.2, -0.15) is 0 Å². The summed E-state index contributed by atoms with van der Waals surface area (Å²) >= 11 is 0. The van der Waals surface area contributed by atoms with Crippen molar-refractivity contribution in [3.63, 3.8) is 0 Å². The van der Waals surface area contributed by atoms with Gasteiger partial charge < -0.3 is 5.32 Å². The summed E-state index contributed by atoms with van der Waals surface area (Å²) in [7, 11) is 0. The van der Waals surface area contributed by atoms with Crippen molar-refractivity contribution in [2.24, 2.45) is 0 Å². The highest BCUT2D eigenvalue weighted by atomic mass is 16.2. The average Bonchev–Trinajstić information content (AvgIpc) is 3.22. The first-order valence-corrected chi connectivity index (χ1v) is 9.25. The van der Waals surface area contributed by atoms with Crippen LogP contribution in [0.2, 0.25) is 0 Å². The minimum Gasteiger partial charge on any atom is -0.325 e. The summed E-state index contributed by atoms with van der Waals surface area (Å²) in [5, 5.41) is 3.57. The normalized spacial score (nSPS) is 19.2. The van der Waals surface area contributed by atoms with Gasteiger partial charge in [0.05, 0.1) is 28.4 Å². The molecule has 2 aliphatic heterocycles. The Balaban J connectivity index is 1.69. The Morgan fingerprint density at radius 2 is 1.50 bits per heavy atom. The van der Waals surface area contributed by atoms with Gasteiger partial charge in [-0.05, 0) is 35.4 Å². The van der Waals surface area contributed by atoms with Gasteiger partial charge in [0.1, 0.15) is 5.82 Å². The maximum atomic E-state index is 13.3. The first-order valence-electron chi connectivity index (χ1n) is 9.25. The van der Waals surface area contributed by atoms with E-state index in [2.05, 4.69) is 5.32 Å². The Bertz CT molecular complexity index is 1360. The van der Waals surface area contributed by atoms with Crippen molar-refractivity contribution in [1.29, 1.82) is 0 Å². The molecule has 3 heterocycles. The molecule has 5 heteroatoms. The molecule has 2 aliphatic rings. The number of carbonyl (C=O) groups excluding carboxylic acids is 1. The summed E-state index contributed by atoms with van der Waals surface area (Å²) < 4.78 is 1.68. The van der Waals surface area contributed by atoms with Crippen LogP contribution in [-0.4, -0.2) is 15.5 Å². The molecule has 0 fully saturated rings. The van der Waals surface area contributed by atoms with Crippen LogP contribution in [0.25, 0.3) is 16.6 Å². The molecule has 0 aliphatic carbocycles. The van der Waals surface area contributed by atoms with Crippen LogP contribution in [0.4, 0.5) is 5.69 Å². The second kappa shape index (κ2) is 5.39. The SMILES string of the molecule is O=C1Nc2ccccc2C1C1c2ccccc2-n2c1nc1ccccc1c2=O. The molecule has 5 nitrogen and oxygen atoms in total. The molecule has 2 unspecified atom stereocenters. The quantitative estimate of drug-likeness (QED) is 0.561. The summed E-state index contributed by atoms with van der Waals surface area (Å²) in [4.78, 5) is 31.1. The van der Waals surface area contributed by atoms with E-state index in [0.29, 0.717) is 16.7 Å². The van der Waals surface area contributed by atoms with Crippen LogP contribution in [0.1, 0.15) is 28.8 Å². The van der Waals surface area contributed by atoms with Crippen LogP contribution >= 0.6 is 0 Å². The molecule has 0 radical (unpaired) electrons. The molecule has 134 valence electrons. The number of carbonyl (C=O) groups is 1. The Hall–Kier alpha value is -3.73. The van der Waals surface area contributed by atoms with Crippen molar-refractivity contribution in [2.45, 2.75) is 11.8 Å². The number of hydrogen-bond donors (Lipinski definition) is 1. The fourth-order valence-corrected chi connectivity index (χ4v) is 4.58. The molecular weight excluding hydrogens is 350 g/mol. The molecule has 0 bridgehead atoms. The van der Waals surface area contributed by atoms with Gasteiger partial charge in [0.15, 0.2) is 0 Å². The van der Waals surface area contributed by atoms with Crippen LogP contribution < -0.4 is 10.9 Å². The molecule has 0 saturated heterocycles. The lowest BCUT2D eigenvalue weighted by atomic mass is 9.82. The molecule has 2 atom stereocenters. The van der Waals surface area contributed by atoms with Crippen molar-refractivity contribution >= 4 is 22.5 Å². The first-order chi connectivity index (χ1) is 13.7.